The zero-order valence-electron chi connectivity index (χ0n) is 10.6. The van der Waals surface area contributed by atoms with Crippen LogP contribution >= 0.6 is 0 Å². The molecule has 0 amide bonds. The molecule has 0 saturated heterocycles. The molecule has 0 aliphatic heterocycles. The molecular weight excluding hydrogens is 244 g/mol. The SMILES string of the molecule is CC(C)c1ccn(-c2nc(NN)nc3[nH]ncc23)n1. The minimum Gasteiger partial charge on any atom is -0.292 e. The van der Waals surface area contributed by atoms with Gasteiger partial charge in [0.1, 0.15) is 0 Å². The number of nitrogens with zero attached hydrogens (tertiary/aromatic N) is 5. The topological polar surface area (TPSA) is 110 Å². The molecule has 0 unspecified atom stereocenters. The van der Waals surface area contributed by atoms with Crippen molar-refractivity contribution in [2.75, 3.05) is 5.43 Å². The molecule has 3 aromatic rings. The number of fused-ring (bicyclic) bond motifs is 1. The summed E-state index contributed by atoms with van der Waals surface area (Å²) < 4.78 is 1.70. The van der Waals surface area contributed by atoms with Gasteiger partial charge in [0, 0.05) is 6.20 Å². The minimum atomic E-state index is 0.313. The highest BCUT2D eigenvalue weighted by Crippen LogP contribution is 2.20. The third-order valence-corrected chi connectivity index (χ3v) is 2.84. The maximum atomic E-state index is 5.37. The molecule has 19 heavy (non-hydrogen) atoms. The number of anilines is 1. The van der Waals surface area contributed by atoms with Gasteiger partial charge in [-0.2, -0.15) is 20.2 Å². The molecule has 0 aliphatic carbocycles. The molecule has 0 bridgehead atoms. The van der Waals surface area contributed by atoms with Crippen LogP contribution in [-0.4, -0.2) is 29.9 Å². The predicted octanol–water partition coefficient (Wildman–Crippen LogP) is 0.948. The van der Waals surface area contributed by atoms with Crippen LogP contribution in [0.3, 0.4) is 0 Å². The lowest BCUT2D eigenvalue weighted by Crippen LogP contribution is -2.12. The summed E-state index contributed by atoms with van der Waals surface area (Å²) in [5.41, 5.74) is 4.05. The molecule has 0 atom stereocenters. The summed E-state index contributed by atoms with van der Waals surface area (Å²) in [6, 6.07) is 1.97. The summed E-state index contributed by atoms with van der Waals surface area (Å²) >= 11 is 0. The first-order valence-corrected chi connectivity index (χ1v) is 5.92. The van der Waals surface area contributed by atoms with Crippen LogP contribution in [0.5, 0.6) is 0 Å². The monoisotopic (exact) mass is 258 g/mol. The van der Waals surface area contributed by atoms with Crippen molar-refractivity contribution in [2.45, 2.75) is 19.8 Å². The smallest absolute Gasteiger partial charge is 0.241 e. The largest absolute Gasteiger partial charge is 0.292 e. The molecule has 0 aromatic carbocycles. The highest BCUT2D eigenvalue weighted by molar-refractivity contribution is 5.82. The van der Waals surface area contributed by atoms with Gasteiger partial charge in [-0.05, 0) is 12.0 Å². The van der Waals surface area contributed by atoms with Crippen LogP contribution < -0.4 is 11.3 Å². The van der Waals surface area contributed by atoms with E-state index >= 15 is 0 Å². The third-order valence-electron chi connectivity index (χ3n) is 2.84. The third kappa shape index (κ3) is 1.91. The second-order valence-corrected chi connectivity index (χ2v) is 4.49. The Morgan fingerprint density at radius 1 is 1.37 bits per heavy atom. The Hall–Kier alpha value is -2.48. The molecule has 98 valence electrons. The highest BCUT2D eigenvalue weighted by Gasteiger charge is 2.12. The quantitative estimate of drug-likeness (QED) is 0.476. The van der Waals surface area contributed by atoms with Gasteiger partial charge in [0.25, 0.3) is 0 Å². The molecule has 8 nitrogen and oxygen atoms in total. The Balaban J connectivity index is 2.19. The van der Waals surface area contributed by atoms with Crippen molar-refractivity contribution in [2.24, 2.45) is 5.84 Å². The number of aromatic nitrogens is 6. The molecule has 0 fully saturated rings. The van der Waals surface area contributed by atoms with Gasteiger partial charge in [-0.1, -0.05) is 13.8 Å². The van der Waals surface area contributed by atoms with Gasteiger partial charge in [0.2, 0.25) is 5.95 Å². The fraction of sp³-hybridized carbons (Fsp3) is 0.273. The van der Waals surface area contributed by atoms with Crippen molar-refractivity contribution in [1.29, 1.82) is 0 Å². The standard InChI is InChI=1S/C11H14N8/c1-6(2)8-3-4-19(18-8)10-7-5-13-17-9(7)14-11(15-10)16-12/h3-6H,12H2,1-2H3,(H2,13,14,15,16,17). The summed E-state index contributed by atoms with van der Waals surface area (Å²) in [6.07, 6.45) is 3.53. The van der Waals surface area contributed by atoms with E-state index in [1.54, 1.807) is 10.9 Å². The van der Waals surface area contributed by atoms with Gasteiger partial charge in [0.15, 0.2) is 11.5 Å². The van der Waals surface area contributed by atoms with E-state index in [4.69, 9.17) is 5.84 Å². The van der Waals surface area contributed by atoms with E-state index in [2.05, 4.69) is 44.5 Å². The number of hydrogen-bond acceptors (Lipinski definition) is 6. The molecule has 0 spiro atoms. The number of H-pyrrole nitrogens is 1. The summed E-state index contributed by atoms with van der Waals surface area (Å²) in [5.74, 6) is 6.68. The fourth-order valence-electron chi connectivity index (χ4n) is 1.82. The Bertz CT molecular complexity index is 710. The number of nitrogens with two attached hydrogens (primary N) is 1. The second-order valence-electron chi connectivity index (χ2n) is 4.49. The van der Waals surface area contributed by atoms with Crippen LogP contribution in [0.25, 0.3) is 16.9 Å². The number of nitrogen functional groups attached to an aromatic ring is 1. The van der Waals surface area contributed by atoms with Crippen molar-refractivity contribution in [3.8, 4) is 5.82 Å². The molecule has 8 heteroatoms. The van der Waals surface area contributed by atoms with Gasteiger partial charge < -0.3 is 0 Å². The summed E-state index contributed by atoms with van der Waals surface area (Å²) in [5, 5.41) is 12.1. The van der Waals surface area contributed by atoms with E-state index in [1.165, 1.54) is 0 Å². The summed E-state index contributed by atoms with van der Waals surface area (Å²) in [4.78, 5) is 8.50. The number of nitrogens with one attached hydrogen (secondary N) is 2. The fourth-order valence-corrected chi connectivity index (χ4v) is 1.82. The Kier molecular flexibility index (Phi) is 2.64. The maximum absolute atomic E-state index is 5.37. The second kappa shape index (κ2) is 4.32. The van der Waals surface area contributed by atoms with Crippen molar-refractivity contribution >= 4 is 17.0 Å². The molecule has 3 aromatic heterocycles. The Labute approximate surface area is 109 Å². The van der Waals surface area contributed by atoms with Gasteiger partial charge in [-0.15, -0.1) is 0 Å². The van der Waals surface area contributed by atoms with E-state index in [1.807, 2.05) is 12.3 Å². The summed E-state index contributed by atoms with van der Waals surface area (Å²) in [6.45, 7) is 4.18. The Morgan fingerprint density at radius 2 is 2.21 bits per heavy atom. The lowest BCUT2D eigenvalue weighted by atomic mass is 10.1. The van der Waals surface area contributed by atoms with Crippen molar-refractivity contribution < 1.29 is 0 Å². The van der Waals surface area contributed by atoms with Crippen molar-refractivity contribution in [3.63, 3.8) is 0 Å². The molecule has 0 aliphatic rings. The molecule has 3 rings (SSSR count). The van der Waals surface area contributed by atoms with Crippen LogP contribution in [0.1, 0.15) is 25.5 Å². The average molecular weight is 258 g/mol. The van der Waals surface area contributed by atoms with Gasteiger partial charge in [-0.3, -0.25) is 10.5 Å². The van der Waals surface area contributed by atoms with Crippen molar-refractivity contribution in [3.05, 3.63) is 24.2 Å². The first-order valence-electron chi connectivity index (χ1n) is 5.92. The van der Waals surface area contributed by atoms with Gasteiger partial charge in [-0.25, -0.2) is 10.5 Å². The minimum absolute atomic E-state index is 0.313. The average Bonchev–Trinajstić information content (AvgIpc) is 3.06. The number of hydrogen-bond donors (Lipinski definition) is 3. The number of rotatable bonds is 3. The number of hydrazine groups is 1. The molecule has 0 radical (unpaired) electrons. The normalized spacial score (nSPS) is 11.4. The lowest BCUT2D eigenvalue weighted by molar-refractivity contribution is 0.760. The number of aromatic amines is 1. The first kappa shape index (κ1) is 11.6. The molecular formula is C11H14N8. The Morgan fingerprint density at radius 3 is 2.89 bits per heavy atom. The van der Waals surface area contributed by atoms with Crippen LogP contribution in [-0.2, 0) is 0 Å². The molecule has 4 N–H and O–H groups in total. The van der Waals surface area contributed by atoms with Crippen LogP contribution in [0.15, 0.2) is 18.5 Å². The van der Waals surface area contributed by atoms with Gasteiger partial charge in [0.05, 0.1) is 17.3 Å². The summed E-state index contributed by atoms with van der Waals surface area (Å²) in [7, 11) is 0. The maximum Gasteiger partial charge on any atom is 0.241 e. The van der Waals surface area contributed by atoms with Crippen LogP contribution in [0.2, 0.25) is 0 Å². The van der Waals surface area contributed by atoms with E-state index in [9.17, 15) is 0 Å². The zero-order chi connectivity index (χ0) is 13.4. The molecule has 3 heterocycles. The van der Waals surface area contributed by atoms with E-state index in [0.717, 1.165) is 11.1 Å². The van der Waals surface area contributed by atoms with E-state index < -0.39 is 0 Å². The molecule has 0 saturated carbocycles. The van der Waals surface area contributed by atoms with Crippen LogP contribution in [0, 0.1) is 0 Å². The van der Waals surface area contributed by atoms with Gasteiger partial charge >= 0.3 is 0 Å². The van der Waals surface area contributed by atoms with Crippen molar-refractivity contribution in [1.82, 2.24) is 29.9 Å². The van der Waals surface area contributed by atoms with E-state index in [0.29, 0.717) is 23.3 Å². The van der Waals surface area contributed by atoms with Crippen LogP contribution in [0.4, 0.5) is 5.95 Å². The lowest BCUT2D eigenvalue weighted by Gasteiger charge is -2.05. The first-order chi connectivity index (χ1) is 9.19. The van der Waals surface area contributed by atoms with E-state index in [-0.39, 0.29) is 0 Å². The predicted molar refractivity (Wildman–Crippen MR) is 70.7 cm³/mol. The zero-order valence-corrected chi connectivity index (χ0v) is 10.6. The highest BCUT2D eigenvalue weighted by atomic mass is 15.4.